The number of hydrogen-bond acceptors (Lipinski definition) is 3. The van der Waals surface area contributed by atoms with Gasteiger partial charge in [-0.15, -0.1) is 0 Å². The minimum Gasteiger partial charge on any atom is -0.409 e. The Bertz CT molecular complexity index is 494. The van der Waals surface area contributed by atoms with Gasteiger partial charge in [0, 0.05) is 0 Å². The van der Waals surface area contributed by atoms with Gasteiger partial charge in [0.25, 0.3) is 0 Å². The number of nitrogens with zero attached hydrogens (tertiary/aromatic N) is 2. The van der Waals surface area contributed by atoms with Gasteiger partial charge in [0.15, 0.2) is 0 Å². The largest absolute Gasteiger partial charge is 0.410 e. The van der Waals surface area contributed by atoms with Crippen LogP contribution < -0.4 is 10.5 Å². The maximum Gasteiger partial charge on any atom is 0.410 e. The molecular formula is C8H6IN3O2. The summed E-state index contributed by atoms with van der Waals surface area (Å²) in [6, 6.07) is 3.39. The monoisotopic (exact) mass is 303 g/mol. The summed E-state index contributed by atoms with van der Waals surface area (Å²) >= 11 is 2.13. The molecule has 0 aliphatic heterocycles. The fourth-order valence-electron chi connectivity index (χ4n) is 1.11. The number of pyridine rings is 1. The van der Waals surface area contributed by atoms with Crippen molar-refractivity contribution in [2.45, 2.75) is 0 Å². The first kappa shape index (κ1) is 9.25. The molecule has 0 fully saturated rings. The number of nitrogens with two attached hydrogens (primary N) is 1. The molecule has 2 N–H and O–H groups in total. The Morgan fingerprint density at radius 2 is 2.36 bits per heavy atom. The van der Waals surface area contributed by atoms with Gasteiger partial charge in [-0.05, 0) is 34.7 Å². The predicted molar refractivity (Wildman–Crippen MR) is 58.1 cm³/mol. The number of fused-ring (bicyclic) bond motifs is 1. The smallest absolute Gasteiger partial charge is 0.409 e. The van der Waals surface area contributed by atoms with Gasteiger partial charge in [0.2, 0.25) is 0 Å². The fraction of sp³-hybridized carbons (Fsp3) is 0. The van der Waals surface area contributed by atoms with Crippen LogP contribution in [0.5, 0.6) is 5.75 Å². The zero-order chi connectivity index (χ0) is 10.1. The second-order valence-electron chi connectivity index (χ2n) is 2.60. The molecule has 0 unspecified atom stereocenters. The van der Waals surface area contributed by atoms with E-state index in [-0.39, 0.29) is 0 Å². The highest BCUT2D eigenvalue weighted by atomic mass is 127. The molecule has 0 saturated heterocycles. The highest BCUT2D eigenvalue weighted by molar-refractivity contribution is 14.1. The van der Waals surface area contributed by atoms with Crippen LogP contribution in [0, 0.1) is 3.70 Å². The zero-order valence-corrected chi connectivity index (χ0v) is 9.13. The molecule has 0 saturated carbocycles. The second-order valence-corrected chi connectivity index (χ2v) is 3.70. The maximum absolute atomic E-state index is 10.5. The molecule has 2 rings (SSSR count). The molecule has 6 heteroatoms. The molecule has 0 aromatic carbocycles. The summed E-state index contributed by atoms with van der Waals surface area (Å²) in [6.45, 7) is 0. The fourth-order valence-corrected chi connectivity index (χ4v) is 1.63. The van der Waals surface area contributed by atoms with Crippen molar-refractivity contribution in [3.8, 4) is 5.75 Å². The number of imidazole rings is 1. The first-order valence-corrected chi connectivity index (χ1v) is 4.84. The standard InChI is InChI=1S/C8H6IN3O2/c9-6-3-11-7-2-1-5(4-12(6)7)14-8(10)13/h1-4H,(H2,10,13). The molecule has 0 radical (unpaired) electrons. The summed E-state index contributed by atoms with van der Waals surface area (Å²) in [5.41, 5.74) is 5.69. The van der Waals surface area contributed by atoms with E-state index in [1.165, 1.54) is 0 Å². The highest BCUT2D eigenvalue weighted by Gasteiger charge is 2.03. The van der Waals surface area contributed by atoms with Gasteiger partial charge in [0.05, 0.1) is 12.4 Å². The van der Waals surface area contributed by atoms with E-state index in [0.29, 0.717) is 5.75 Å². The van der Waals surface area contributed by atoms with Gasteiger partial charge in [-0.2, -0.15) is 0 Å². The van der Waals surface area contributed by atoms with Crippen molar-refractivity contribution in [3.63, 3.8) is 0 Å². The van der Waals surface area contributed by atoms with Gasteiger partial charge < -0.3 is 10.5 Å². The average molecular weight is 303 g/mol. The molecule has 0 spiro atoms. The molecule has 0 bridgehead atoms. The number of carbonyl (C=O) groups is 1. The van der Waals surface area contributed by atoms with Crippen LogP contribution in [-0.4, -0.2) is 15.5 Å². The Hall–Kier alpha value is -1.31. The van der Waals surface area contributed by atoms with Gasteiger partial charge in [-0.25, -0.2) is 9.78 Å². The van der Waals surface area contributed by atoms with Crippen LogP contribution in [-0.2, 0) is 0 Å². The lowest BCUT2D eigenvalue weighted by molar-refractivity contribution is 0.210. The first-order chi connectivity index (χ1) is 6.66. The van der Waals surface area contributed by atoms with E-state index >= 15 is 0 Å². The molecule has 5 nitrogen and oxygen atoms in total. The Morgan fingerprint density at radius 1 is 1.57 bits per heavy atom. The number of primary amides is 1. The minimum atomic E-state index is -0.820. The summed E-state index contributed by atoms with van der Waals surface area (Å²) in [6.07, 6.45) is 2.57. The number of halogens is 1. The normalized spacial score (nSPS) is 10.4. The van der Waals surface area contributed by atoms with Crippen molar-refractivity contribution in [2.75, 3.05) is 0 Å². The van der Waals surface area contributed by atoms with Crippen molar-refractivity contribution < 1.29 is 9.53 Å². The molecule has 2 aromatic rings. The third-order valence-corrected chi connectivity index (χ3v) is 2.45. The molecule has 72 valence electrons. The van der Waals surface area contributed by atoms with Gasteiger partial charge in [-0.1, -0.05) is 0 Å². The molecule has 2 aromatic heterocycles. The van der Waals surface area contributed by atoms with Gasteiger partial charge >= 0.3 is 6.09 Å². The van der Waals surface area contributed by atoms with Crippen molar-refractivity contribution >= 4 is 34.3 Å². The molecule has 0 atom stereocenters. The van der Waals surface area contributed by atoms with Crippen LogP contribution in [0.4, 0.5) is 4.79 Å². The predicted octanol–water partition coefficient (Wildman–Crippen LogP) is 1.40. The van der Waals surface area contributed by atoms with Crippen molar-refractivity contribution in [1.29, 1.82) is 0 Å². The van der Waals surface area contributed by atoms with E-state index in [9.17, 15) is 4.79 Å². The third-order valence-electron chi connectivity index (χ3n) is 1.65. The summed E-state index contributed by atoms with van der Waals surface area (Å²) in [5.74, 6) is 0.404. The number of carbonyl (C=O) groups excluding carboxylic acids is 1. The molecule has 0 aliphatic rings. The lowest BCUT2D eigenvalue weighted by atomic mass is 10.4. The topological polar surface area (TPSA) is 69.6 Å². The van der Waals surface area contributed by atoms with E-state index < -0.39 is 6.09 Å². The lowest BCUT2D eigenvalue weighted by Crippen LogP contribution is -2.16. The molecule has 0 aliphatic carbocycles. The summed E-state index contributed by atoms with van der Waals surface area (Å²) in [5, 5.41) is 0. The van der Waals surface area contributed by atoms with Gasteiger partial charge in [0.1, 0.15) is 15.1 Å². The first-order valence-electron chi connectivity index (χ1n) is 3.77. The van der Waals surface area contributed by atoms with E-state index in [0.717, 1.165) is 9.35 Å². The Labute approximate surface area is 93.0 Å². The Balaban J connectivity index is 2.49. The van der Waals surface area contributed by atoms with E-state index in [1.54, 1.807) is 28.9 Å². The van der Waals surface area contributed by atoms with Gasteiger partial charge in [-0.3, -0.25) is 4.40 Å². The second kappa shape index (κ2) is 3.45. The molecular weight excluding hydrogens is 297 g/mol. The molecule has 2 heterocycles. The molecule has 14 heavy (non-hydrogen) atoms. The maximum atomic E-state index is 10.5. The van der Waals surface area contributed by atoms with Crippen LogP contribution in [0.2, 0.25) is 0 Å². The quantitative estimate of drug-likeness (QED) is 0.810. The summed E-state index contributed by atoms with van der Waals surface area (Å²) in [4.78, 5) is 14.6. The van der Waals surface area contributed by atoms with E-state index in [4.69, 9.17) is 10.5 Å². The molecule has 1 amide bonds. The van der Waals surface area contributed by atoms with Crippen molar-refractivity contribution in [3.05, 3.63) is 28.2 Å². The Kier molecular flexibility index (Phi) is 2.28. The van der Waals surface area contributed by atoms with Crippen LogP contribution >= 0.6 is 22.6 Å². The Morgan fingerprint density at radius 3 is 3.07 bits per heavy atom. The number of hydrogen-bond donors (Lipinski definition) is 1. The van der Waals surface area contributed by atoms with Crippen LogP contribution in [0.3, 0.4) is 0 Å². The lowest BCUT2D eigenvalue weighted by Gasteiger charge is -2.01. The van der Waals surface area contributed by atoms with E-state index in [1.807, 2.05) is 0 Å². The third kappa shape index (κ3) is 1.65. The summed E-state index contributed by atoms with van der Waals surface area (Å²) in [7, 11) is 0. The number of rotatable bonds is 1. The van der Waals surface area contributed by atoms with E-state index in [2.05, 4.69) is 27.6 Å². The van der Waals surface area contributed by atoms with Crippen LogP contribution in [0.1, 0.15) is 0 Å². The number of ether oxygens (including phenoxy) is 1. The van der Waals surface area contributed by atoms with Crippen molar-refractivity contribution in [1.82, 2.24) is 9.38 Å². The van der Waals surface area contributed by atoms with Crippen LogP contribution in [0.25, 0.3) is 5.65 Å². The summed E-state index contributed by atoms with van der Waals surface area (Å²) < 4.78 is 7.48. The minimum absolute atomic E-state index is 0.404. The highest BCUT2D eigenvalue weighted by Crippen LogP contribution is 2.15. The number of amides is 1. The number of aromatic nitrogens is 2. The zero-order valence-electron chi connectivity index (χ0n) is 6.98. The SMILES string of the molecule is NC(=O)Oc1ccc2ncc(I)n2c1. The van der Waals surface area contributed by atoms with Crippen molar-refractivity contribution in [2.24, 2.45) is 5.73 Å². The average Bonchev–Trinajstić information content (AvgIpc) is 2.47. The van der Waals surface area contributed by atoms with Crippen LogP contribution in [0.15, 0.2) is 24.5 Å².